The number of ether oxygens (including phenoxy) is 3. The summed E-state index contributed by atoms with van der Waals surface area (Å²) in [6.07, 6.45) is 3.70. The average Bonchev–Trinajstić information content (AvgIpc) is 3.08. The van der Waals surface area contributed by atoms with E-state index in [9.17, 15) is 13.2 Å². The molecule has 168 valence electrons. The van der Waals surface area contributed by atoms with Gasteiger partial charge in [0.2, 0.25) is 10.0 Å². The summed E-state index contributed by atoms with van der Waals surface area (Å²) in [5.74, 6) is 0.743. The first-order chi connectivity index (χ1) is 14.9. The van der Waals surface area contributed by atoms with Crippen LogP contribution in [0.4, 0.5) is 5.69 Å². The number of hydrogen-bond acceptors (Lipinski definition) is 6. The summed E-state index contributed by atoms with van der Waals surface area (Å²) in [5, 5.41) is 2.76. The van der Waals surface area contributed by atoms with Crippen LogP contribution in [-0.2, 0) is 10.0 Å². The first kappa shape index (κ1) is 22.9. The van der Waals surface area contributed by atoms with Gasteiger partial charge in [0.1, 0.15) is 17.2 Å². The Morgan fingerprint density at radius 3 is 2.13 bits per heavy atom. The first-order valence-corrected chi connectivity index (χ1v) is 11.6. The first-order valence-electron chi connectivity index (χ1n) is 10.1. The van der Waals surface area contributed by atoms with Crippen LogP contribution in [0.3, 0.4) is 0 Å². The van der Waals surface area contributed by atoms with Crippen LogP contribution in [0.1, 0.15) is 36.0 Å². The molecule has 0 atom stereocenters. The van der Waals surface area contributed by atoms with E-state index in [1.807, 2.05) is 0 Å². The standard InChI is InChI=1S/C22H28N2O6S/c1-28-16-8-10-21(30-3)19(14-16)23-22(25)18-15-17(9-11-20(18)29-2)31(26,27)24-12-6-4-5-7-13-24/h8-11,14-15H,4-7,12-13H2,1-3H3,(H,23,25). The number of carbonyl (C=O) groups is 1. The highest BCUT2D eigenvalue weighted by molar-refractivity contribution is 7.89. The van der Waals surface area contributed by atoms with Gasteiger partial charge in [-0.15, -0.1) is 0 Å². The van der Waals surface area contributed by atoms with Gasteiger partial charge in [0, 0.05) is 19.2 Å². The van der Waals surface area contributed by atoms with Gasteiger partial charge in [-0.25, -0.2) is 8.42 Å². The lowest BCUT2D eigenvalue weighted by molar-refractivity contribution is 0.102. The minimum absolute atomic E-state index is 0.0676. The number of benzene rings is 2. The van der Waals surface area contributed by atoms with Crippen LogP contribution in [0, 0.1) is 0 Å². The molecule has 1 saturated heterocycles. The Hall–Kier alpha value is -2.78. The van der Waals surface area contributed by atoms with E-state index in [0.717, 1.165) is 25.7 Å². The maximum Gasteiger partial charge on any atom is 0.259 e. The molecular formula is C22H28N2O6S. The van der Waals surface area contributed by atoms with Crippen molar-refractivity contribution < 1.29 is 27.4 Å². The van der Waals surface area contributed by atoms with Crippen molar-refractivity contribution in [3.8, 4) is 17.2 Å². The van der Waals surface area contributed by atoms with Crippen LogP contribution in [-0.4, -0.2) is 53.0 Å². The Kier molecular flexibility index (Phi) is 7.40. The number of methoxy groups -OCH3 is 3. The van der Waals surface area contributed by atoms with Crippen molar-refractivity contribution in [1.82, 2.24) is 4.31 Å². The van der Waals surface area contributed by atoms with Gasteiger partial charge < -0.3 is 19.5 Å². The van der Waals surface area contributed by atoms with Crippen LogP contribution in [0.15, 0.2) is 41.3 Å². The summed E-state index contributed by atoms with van der Waals surface area (Å²) in [5.41, 5.74) is 0.512. The normalized spacial score (nSPS) is 15.1. The van der Waals surface area contributed by atoms with E-state index in [1.165, 1.54) is 43.8 Å². The Morgan fingerprint density at radius 1 is 0.871 bits per heavy atom. The molecule has 0 spiro atoms. The quantitative estimate of drug-likeness (QED) is 0.696. The van der Waals surface area contributed by atoms with E-state index in [-0.39, 0.29) is 16.2 Å². The zero-order valence-electron chi connectivity index (χ0n) is 18.0. The highest BCUT2D eigenvalue weighted by Crippen LogP contribution is 2.31. The minimum Gasteiger partial charge on any atom is -0.497 e. The van der Waals surface area contributed by atoms with Crippen LogP contribution >= 0.6 is 0 Å². The van der Waals surface area contributed by atoms with Gasteiger partial charge in [-0.2, -0.15) is 4.31 Å². The van der Waals surface area contributed by atoms with Crippen molar-refractivity contribution in [1.29, 1.82) is 0 Å². The predicted octanol–water partition coefficient (Wildman–Crippen LogP) is 3.53. The van der Waals surface area contributed by atoms with E-state index >= 15 is 0 Å². The lowest BCUT2D eigenvalue weighted by Gasteiger charge is -2.21. The molecule has 0 aromatic heterocycles. The third-order valence-electron chi connectivity index (χ3n) is 5.27. The minimum atomic E-state index is -3.71. The van der Waals surface area contributed by atoms with Gasteiger partial charge in [0.05, 0.1) is 37.5 Å². The molecule has 0 radical (unpaired) electrons. The summed E-state index contributed by atoms with van der Waals surface area (Å²) >= 11 is 0. The average molecular weight is 449 g/mol. The summed E-state index contributed by atoms with van der Waals surface area (Å²) in [7, 11) is 0.736. The topological polar surface area (TPSA) is 94.2 Å². The maximum atomic E-state index is 13.2. The van der Waals surface area contributed by atoms with Gasteiger partial charge >= 0.3 is 0 Å². The number of nitrogens with one attached hydrogen (secondary N) is 1. The largest absolute Gasteiger partial charge is 0.497 e. The van der Waals surface area contributed by atoms with Crippen LogP contribution in [0.5, 0.6) is 17.2 Å². The molecule has 1 aliphatic heterocycles. The van der Waals surface area contributed by atoms with Crippen molar-refractivity contribution >= 4 is 21.6 Å². The summed E-state index contributed by atoms with van der Waals surface area (Å²) < 4.78 is 43.7. The second-order valence-electron chi connectivity index (χ2n) is 7.20. The number of hydrogen-bond donors (Lipinski definition) is 1. The third kappa shape index (κ3) is 5.11. The lowest BCUT2D eigenvalue weighted by Crippen LogP contribution is -2.32. The Labute approximate surface area is 183 Å². The molecule has 1 fully saturated rings. The third-order valence-corrected chi connectivity index (χ3v) is 7.17. The van der Waals surface area contributed by atoms with Crippen molar-refractivity contribution in [2.45, 2.75) is 30.6 Å². The van der Waals surface area contributed by atoms with Crippen LogP contribution < -0.4 is 19.5 Å². The summed E-state index contributed by atoms with van der Waals surface area (Å²) in [4.78, 5) is 13.1. The van der Waals surface area contributed by atoms with Crippen molar-refractivity contribution in [3.63, 3.8) is 0 Å². The zero-order chi connectivity index (χ0) is 22.4. The van der Waals surface area contributed by atoms with E-state index in [1.54, 1.807) is 18.2 Å². The monoisotopic (exact) mass is 448 g/mol. The second-order valence-corrected chi connectivity index (χ2v) is 9.14. The molecule has 3 rings (SSSR count). The predicted molar refractivity (Wildman–Crippen MR) is 118 cm³/mol. The van der Waals surface area contributed by atoms with Crippen LogP contribution in [0.25, 0.3) is 0 Å². The molecule has 0 unspecified atom stereocenters. The van der Waals surface area contributed by atoms with E-state index < -0.39 is 15.9 Å². The molecule has 2 aromatic carbocycles. The molecule has 9 heteroatoms. The van der Waals surface area contributed by atoms with E-state index in [0.29, 0.717) is 30.3 Å². The fourth-order valence-electron chi connectivity index (χ4n) is 3.56. The summed E-state index contributed by atoms with van der Waals surface area (Å²) in [6.45, 7) is 0.966. The number of amides is 1. The highest BCUT2D eigenvalue weighted by atomic mass is 32.2. The number of sulfonamides is 1. The van der Waals surface area contributed by atoms with Gasteiger partial charge in [-0.1, -0.05) is 12.8 Å². The number of nitrogens with zero attached hydrogens (tertiary/aromatic N) is 1. The molecule has 8 nitrogen and oxygen atoms in total. The van der Waals surface area contributed by atoms with E-state index in [4.69, 9.17) is 14.2 Å². The molecule has 1 N–H and O–H groups in total. The Morgan fingerprint density at radius 2 is 1.52 bits per heavy atom. The van der Waals surface area contributed by atoms with Gasteiger partial charge in [-0.3, -0.25) is 4.79 Å². The number of anilines is 1. The molecular weight excluding hydrogens is 420 g/mol. The fourth-order valence-corrected chi connectivity index (χ4v) is 5.10. The maximum absolute atomic E-state index is 13.2. The van der Waals surface area contributed by atoms with Gasteiger partial charge in [0.25, 0.3) is 5.91 Å². The molecule has 1 amide bonds. The van der Waals surface area contributed by atoms with Crippen molar-refractivity contribution in [2.75, 3.05) is 39.7 Å². The lowest BCUT2D eigenvalue weighted by atomic mass is 10.1. The Bertz CT molecular complexity index is 1030. The molecule has 31 heavy (non-hydrogen) atoms. The SMILES string of the molecule is COc1ccc(OC)c(NC(=O)c2cc(S(=O)(=O)N3CCCCCC3)ccc2OC)c1. The molecule has 0 saturated carbocycles. The molecule has 1 aliphatic rings. The van der Waals surface area contributed by atoms with E-state index in [2.05, 4.69) is 5.32 Å². The van der Waals surface area contributed by atoms with Gasteiger partial charge in [-0.05, 0) is 43.2 Å². The Balaban J connectivity index is 1.95. The molecule has 2 aromatic rings. The second kappa shape index (κ2) is 10.0. The van der Waals surface area contributed by atoms with Crippen molar-refractivity contribution in [3.05, 3.63) is 42.0 Å². The highest BCUT2D eigenvalue weighted by Gasteiger charge is 2.27. The van der Waals surface area contributed by atoms with Crippen molar-refractivity contribution in [2.24, 2.45) is 0 Å². The van der Waals surface area contributed by atoms with Crippen LogP contribution in [0.2, 0.25) is 0 Å². The number of carbonyl (C=O) groups excluding carboxylic acids is 1. The zero-order valence-corrected chi connectivity index (χ0v) is 18.8. The molecule has 0 aliphatic carbocycles. The smallest absolute Gasteiger partial charge is 0.259 e. The fraction of sp³-hybridized carbons (Fsp3) is 0.409. The molecule has 0 bridgehead atoms. The van der Waals surface area contributed by atoms with Gasteiger partial charge in [0.15, 0.2) is 0 Å². The molecule has 1 heterocycles. The number of rotatable bonds is 7. The summed E-state index contributed by atoms with van der Waals surface area (Å²) in [6, 6.07) is 9.35.